The topological polar surface area (TPSA) is 9.23 Å². The van der Waals surface area contributed by atoms with Crippen LogP contribution in [0, 0.1) is 0 Å². The molecule has 0 aromatic heterocycles. The maximum atomic E-state index is 5.50. The fourth-order valence-corrected chi connectivity index (χ4v) is 11.2. The lowest BCUT2D eigenvalue weighted by atomic mass is 11.3. The fourth-order valence-electron chi connectivity index (χ4n) is 1.24. The van der Waals surface area contributed by atoms with Crippen LogP contribution in [0.25, 0.3) is 0 Å². The summed E-state index contributed by atoms with van der Waals surface area (Å²) < 4.78 is 5.50. The second-order valence-corrected chi connectivity index (χ2v) is 14.1. The molecule has 1 nitrogen and oxygen atoms in total. The van der Waals surface area contributed by atoms with Gasteiger partial charge >= 0.3 is 0 Å². The van der Waals surface area contributed by atoms with E-state index in [0.717, 1.165) is 0 Å². The van der Waals surface area contributed by atoms with Gasteiger partial charge in [-0.3, -0.25) is 0 Å². The van der Waals surface area contributed by atoms with Crippen molar-refractivity contribution in [2.45, 2.75) is 31.9 Å². The van der Waals surface area contributed by atoms with Crippen LogP contribution in [0.2, 0.25) is 31.9 Å². The molecule has 0 amide bonds. The summed E-state index contributed by atoms with van der Waals surface area (Å²) in [4.78, 5) is 0. The molecule has 0 saturated heterocycles. The van der Waals surface area contributed by atoms with Gasteiger partial charge in [-0.25, -0.2) is 0 Å². The molecular weight excluding hydrogens is 168 g/mol. The van der Waals surface area contributed by atoms with Crippen LogP contribution in [0.5, 0.6) is 0 Å². The van der Waals surface area contributed by atoms with E-state index in [1.165, 1.54) is 5.67 Å². The second-order valence-electron chi connectivity index (χ2n) is 4.33. The van der Waals surface area contributed by atoms with Crippen LogP contribution in [0.3, 0.4) is 0 Å². The Balaban J connectivity index is 4.12. The van der Waals surface area contributed by atoms with E-state index in [2.05, 4.69) is 38.5 Å². The van der Waals surface area contributed by atoms with Gasteiger partial charge in [0.25, 0.3) is 0 Å². The Bertz CT molecular complexity index is 141. The highest BCUT2D eigenvalue weighted by molar-refractivity contribution is 6.95. The van der Waals surface area contributed by atoms with Crippen molar-refractivity contribution in [3.63, 3.8) is 0 Å². The Hall–Kier alpha value is 0.134. The molecule has 0 rings (SSSR count). The van der Waals surface area contributed by atoms with E-state index in [1.807, 2.05) is 7.11 Å². The molecule has 0 aromatic carbocycles. The summed E-state index contributed by atoms with van der Waals surface area (Å²) in [5, 5.41) is 0. The highest BCUT2D eigenvalue weighted by Gasteiger charge is 2.30. The van der Waals surface area contributed by atoms with Crippen LogP contribution in [0.4, 0.5) is 0 Å². The molecule has 0 saturated carbocycles. The minimum absolute atomic E-state index is 1.13. The number of hydrogen-bond donors (Lipinski definition) is 0. The summed E-state index contributed by atoms with van der Waals surface area (Å²) in [5.41, 5.74) is 3.43. The molecule has 0 bridgehead atoms. The van der Waals surface area contributed by atoms with Crippen molar-refractivity contribution < 1.29 is 4.43 Å². The average Bonchev–Trinajstić information content (AvgIpc) is 1.86. The van der Waals surface area contributed by atoms with Gasteiger partial charge in [0.1, 0.15) is 0 Å². The summed E-state index contributed by atoms with van der Waals surface area (Å²) in [5.74, 6) is 0. The summed E-state index contributed by atoms with van der Waals surface area (Å²) in [6.07, 6.45) is 0. The largest absolute Gasteiger partial charge is 0.421 e. The lowest BCUT2D eigenvalue weighted by Gasteiger charge is -2.27. The van der Waals surface area contributed by atoms with E-state index < -0.39 is 16.4 Å². The summed E-state index contributed by atoms with van der Waals surface area (Å²) in [6, 6.07) is 0. The highest BCUT2D eigenvalue weighted by Crippen LogP contribution is 2.20. The maximum absolute atomic E-state index is 5.50. The van der Waals surface area contributed by atoms with Crippen molar-refractivity contribution in [2.24, 2.45) is 0 Å². The summed E-state index contributed by atoms with van der Waals surface area (Å²) >= 11 is 0. The summed E-state index contributed by atoms with van der Waals surface area (Å²) in [7, 11) is -0.643. The molecule has 0 aliphatic rings. The standard InChI is InChI=1S/C8H20OSi2/c1-7-10(3,4)8-11(5,6)9-2/h7H,1,8H2,2-6H3. The number of rotatable bonds is 4. The van der Waals surface area contributed by atoms with Crippen LogP contribution in [-0.4, -0.2) is 23.5 Å². The minimum atomic E-state index is -1.34. The smallest absolute Gasteiger partial charge is 0.183 e. The van der Waals surface area contributed by atoms with Crippen molar-refractivity contribution in [1.29, 1.82) is 0 Å². The number of hydrogen-bond acceptors (Lipinski definition) is 1. The van der Waals surface area contributed by atoms with E-state index in [0.29, 0.717) is 0 Å². The first kappa shape index (κ1) is 11.1. The molecule has 0 spiro atoms. The van der Waals surface area contributed by atoms with Crippen LogP contribution < -0.4 is 0 Å². The molecule has 0 radical (unpaired) electrons. The first-order valence-corrected chi connectivity index (χ1v) is 10.4. The minimum Gasteiger partial charge on any atom is -0.421 e. The molecule has 0 aromatic rings. The molecule has 0 heterocycles. The van der Waals surface area contributed by atoms with Crippen LogP contribution in [0.15, 0.2) is 12.3 Å². The third-order valence-electron chi connectivity index (χ3n) is 1.99. The lowest BCUT2D eigenvalue weighted by Crippen LogP contribution is -2.39. The van der Waals surface area contributed by atoms with E-state index in [-0.39, 0.29) is 0 Å². The first-order chi connectivity index (χ1) is 4.83. The molecule has 3 heteroatoms. The molecule has 66 valence electrons. The molecule has 0 atom stereocenters. The second kappa shape index (κ2) is 3.69. The zero-order valence-electron chi connectivity index (χ0n) is 8.40. The van der Waals surface area contributed by atoms with Gasteiger partial charge in [0.05, 0.1) is 8.07 Å². The molecule has 0 aliphatic heterocycles. The highest BCUT2D eigenvalue weighted by atomic mass is 28.4. The van der Waals surface area contributed by atoms with Gasteiger partial charge in [-0.15, -0.1) is 12.3 Å². The van der Waals surface area contributed by atoms with Crippen LogP contribution in [0.1, 0.15) is 0 Å². The van der Waals surface area contributed by atoms with E-state index in [4.69, 9.17) is 4.43 Å². The fraction of sp³-hybridized carbons (Fsp3) is 0.750. The monoisotopic (exact) mass is 188 g/mol. The van der Waals surface area contributed by atoms with E-state index in [9.17, 15) is 0 Å². The third-order valence-corrected chi connectivity index (χ3v) is 11.2. The molecule has 0 N–H and O–H groups in total. The Morgan fingerprint density at radius 1 is 1.27 bits per heavy atom. The molecular formula is C8H20OSi2. The van der Waals surface area contributed by atoms with Crippen molar-refractivity contribution in [2.75, 3.05) is 7.11 Å². The van der Waals surface area contributed by atoms with E-state index >= 15 is 0 Å². The molecule has 0 fully saturated rings. The van der Waals surface area contributed by atoms with Crippen LogP contribution >= 0.6 is 0 Å². The van der Waals surface area contributed by atoms with Gasteiger partial charge in [0, 0.05) is 7.11 Å². The average molecular weight is 188 g/mol. The van der Waals surface area contributed by atoms with Crippen molar-refractivity contribution in [3.8, 4) is 0 Å². The van der Waals surface area contributed by atoms with Crippen molar-refractivity contribution in [1.82, 2.24) is 0 Å². The third kappa shape index (κ3) is 4.55. The zero-order chi connectivity index (χ0) is 9.12. The zero-order valence-corrected chi connectivity index (χ0v) is 10.4. The quantitative estimate of drug-likeness (QED) is 0.617. The Morgan fingerprint density at radius 3 is 2.00 bits per heavy atom. The van der Waals surface area contributed by atoms with Gasteiger partial charge in [0.2, 0.25) is 0 Å². The molecule has 11 heavy (non-hydrogen) atoms. The Kier molecular flexibility index (Phi) is 3.74. The van der Waals surface area contributed by atoms with Gasteiger partial charge < -0.3 is 4.43 Å². The van der Waals surface area contributed by atoms with Gasteiger partial charge in [-0.05, 0) is 18.8 Å². The Labute approximate surface area is 72.6 Å². The van der Waals surface area contributed by atoms with E-state index in [1.54, 1.807) is 0 Å². The Morgan fingerprint density at radius 2 is 1.73 bits per heavy atom. The normalized spacial score (nSPS) is 13.2. The van der Waals surface area contributed by atoms with Gasteiger partial charge in [0.15, 0.2) is 8.32 Å². The van der Waals surface area contributed by atoms with Gasteiger partial charge in [-0.2, -0.15) is 0 Å². The maximum Gasteiger partial charge on any atom is 0.183 e. The van der Waals surface area contributed by atoms with Crippen molar-refractivity contribution >= 4 is 16.4 Å². The lowest BCUT2D eigenvalue weighted by molar-refractivity contribution is 0.408. The summed E-state index contributed by atoms with van der Waals surface area (Å²) in [6.45, 7) is 13.1. The molecule has 0 unspecified atom stereocenters. The first-order valence-electron chi connectivity index (χ1n) is 4.02. The SMILES string of the molecule is C=C[Si](C)(C)C[Si](C)(C)OC. The molecule has 0 aliphatic carbocycles. The predicted molar refractivity (Wildman–Crippen MR) is 57.0 cm³/mol. The van der Waals surface area contributed by atoms with Gasteiger partial charge in [-0.1, -0.05) is 13.1 Å². The van der Waals surface area contributed by atoms with Crippen LogP contribution in [-0.2, 0) is 4.43 Å². The predicted octanol–water partition coefficient (Wildman–Crippen LogP) is 2.81. The van der Waals surface area contributed by atoms with Crippen molar-refractivity contribution in [3.05, 3.63) is 12.3 Å².